The van der Waals surface area contributed by atoms with Crippen LogP contribution in [0.2, 0.25) is 0 Å². The van der Waals surface area contributed by atoms with Crippen molar-refractivity contribution >= 4 is 0 Å². The summed E-state index contributed by atoms with van der Waals surface area (Å²) < 4.78 is 11.0. The third-order valence-electron chi connectivity index (χ3n) is 3.54. The van der Waals surface area contributed by atoms with E-state index in [0.29, 0.717) is 0 Å². The predicted molar refractivity (Wildman–Crippen MR) is 82.3 cm³/mol. The summed E-state index contributed by atoms with van der Waals surface area (Å²) in [5.74, 6) is 6.57. The lowest BCUT2D eigenvalue weighted by molar-refractivity contribution is 0.0668. The lowest BCUT2D eigenvalue weighted by Gasteiger charge is -2.22. The molecule has 0 spiro atoms. The summed E-state index contributed by atoms with van der Waals surface area (Å²) in [7, 11) is 1.67. The SMILES string of the molecule is COc1ccc(C#CCO)c(CN2CCCOC(C)C2)c1. The van der Waals surface area contributed by atoms with Gasteiger partial charge in [-0.2, -0.15) is 0 Å². The largest absolute Gasteiger partial charge is 0.497 e. The van der Waals surface area contributed by atoms with E-state index in [4.69, 9.17) is 14.6 Å². The van der Waals surface area contributed by atoms with E-state index in [2.05, 4.69) is 23.7 Å². The molecule has 1 saturated heterocycles. The minimum absolute atomic E-state index is 0.125. The van der Waals surface area contributed by atoms with Crippen molar-refractivity contribution in [3.63, 3.8) is 0 Å². The fourth-order valence-corrected chi connectivity index (χ4v) is 2.55. The highest BCUT2D eigenvalue weighted by Gasteiger charge is 2.16. The van der Waals surface area contributed by atoms with Crippen LogP contribution in [0.3, 0.4) is 0 Å². The van der Waals surface area contributed by atoms with Gasteiger partial charge >= 0.3 is 0 Å². The third kappa shape index (κ3) is 4.75. The van der Waals surface area contributed by atoms with Gasteiger partial charge in [-0.15, -0.1) is 0 Å². The molecule has 1 aliphatic heterocycles. The van der Waals surface area contributed by atoms with E-state index in [9.17, 15) is 0 Å². The molecule has 4 heteroatoms. The highest BCUT2D eigenvalue weighted by atomic mass is 16.5. The van der Waals surface area contributed by atoms with Crippen LogP contribution in [0.4, 0.5) is 0 Å². The van der Waals surface area contributed by atoms with E-state index in [-0.39, 0.29) is 12.7 Å². The van der Waals surface area contributed by atoms with Gasteiger partial charge in [-0.3, -0.25) is 4.90 Å². The maximum atomic E-state index is 8.89. The van der Waals surface area contributed by atoms with E-state index in [0.717, 1.165) is 49.5 Å². The second-order valence-corrected chi connectivity index (χ2v) is 5.25. The minimum atomic E-state index is -0.125. The van der Waals surface area contributed by atoms with Gasteiger partial charge < -0.3 is 14.6 Å². The van der Waals surface area contributed by atoms with Crippen LogP contribution in [0.5, 0.6) is 5.75 Å². The first-order chi connectivity index (χ1) is 10.2. The number of rotatable bonds is 3. The first kappa shape index (κ1) is 15.8. The molecule has 114 valence electrons. The average Bonchev–Trinajstić information content (AvgIpc) is 2.70. The van der Waals surface area contributed by atoms with Gasteiger partial charge in [0.15, 0.2) is 0 Å². The molecule has 1 N–H and O–H groups in total. The highest BCUT2D eigenvalue weighted by molar-refractivity contribution is 5.45. The van der Waals surface area contributed by atoms with Gasteiger partial charge in [-0.1, -0.05) is 11.8 Å². The van der Waals surface area contributed by atoms with Crippen molar-refractivity contribution in [3.8, 4) is 17.6 Å². The first-order valence-electron chi connectivity index (χ1n) is 7.33. The Morgan fingerprint density at radius 2 is 2.33 bits per heavy atom. The maximum absolute atomic E-state index is 8.89. The van der Waals surface area contributed by atoms with Crippen LogP contribution >= 0.6 is 0 Å². The molecule has 0 amide bonds. The molecule has 0 aliphatic carbocycles. The first-order valence-corrected chi connectivity index (χ1v) is 7.33. The lowest BCUT2D eigenvalue weighted by Crippen LogP contribution is -2.30. The van der Waals surface area contributed by atoms with Gasteiger partial charge in [0.2, 0.25) is 0 Å². The fourth-order valence-electron chi connectivity index (χ4n) is 2.55. The number of hydrogen-bond donors (Lipinski definition) is 1. The Morgan fingerprint density at radius 3 is 3.10 bits per heavy atom. The number of methoxy groups -OCH3 is 1. The van der Waals surface area contributed by atoms with Crippen molar-refractivity contribution in [1.82, 2.24) is 4.90 Å². The van der Waals surface area contributed by atoms with Crippen LogP contribution in [-0.2, 0) is 11.3 Å². The summed E-state index contributed by atoms with van der Waals surface area (Å²) in [5, 5.41) is 8.89. The number of ether oxygens (including phenoxy) is 2. The van der Waals surface area contributed by atoms with Crippen LogP contribution < -0.4 is 4.74 Å². The minimum Gasteiger partial charge on any atom is -0.497 e. The number of aliphatic hydroxyl groups is 1. The van der Waals surface area contributed by atoms with E-state index >= 15 is 0 Å². The molecule has 1 unspecified atom stereocenters. The molecule has 0 aromatic heterocycles. The van der Waals surface area contributed by atoms with E-state index < -0.39 is 0 Å². The smallest absolute Gasteiger partial charge is 0.119 e. The summed E-state index contributed by atoms with van der Waals surface area (Å²) in [4.78, 5) is 2.39. The molecular formula is C17H23NO3. The lowest BCUT2D eigenvalue weighted by atomic mass is 10.1. The Hall–Kier alpha value is -1.54. The number of benzene rings is 1. The summed E-state index contributed by atoms with van der Waals surface area (Å²) in [5.41, 5.74) is 2.08. The molecule has 1 fully saturated rings. The zero-order valence-corrected chi connectivity index (χ0v) is 12.8. The standard InChI is InChI=1S/C17H23NO3/c1-14-12-18(8-4-10-21-14)13-16-11-17(20-2)7-6-15(16)5-3-9-19/h6-7,11,14,19H,4,8-10,12-13H2,1-2H3. The van der Waals surface area contributed by atoms with Gasteiger partial charge in [0.25, 0.3) is 0 Å². The van der Waals surface area contributed by atoms with Gasteiger partial charge in [0.1, 0.15) is 12.4 Å². The van der Waals surface area contributed by atoms with E-state index in [1.165, 1.54) is 0 Å². The molecule has 1 heterocycles. The Labute approximate surface area is 126 Å². The van der Waals surface area contributed by atoms with Gasteiger partial charge in [0, 0.05) is 31.8 Å². The summed E-state index contributed by atoms with van der Waals surface area (Å²) in [6.45, 7) is 5.57. The van der Waals surface area contributed by atoms with E-state index in [1.54, 1.807) is 7.11 Å². The third-order valence-corrected chi connectivity index (χ3v) is 3.54. The van der Waals surface area contributed by atoms with Crippen molar-refractivity contribution in [2.75, 3.05) is 33.4 Å². The highest BCUT2D eigenvalue weighted by Crippen LogP contribution is 2.20. The zero-order valence-electron chi connectivity index (χ0n) is 12.8. The average molecular weight is 289 g/mol. The molecule has 1 atom stereocenters. The molecule has 0 bridgehead atoms. The quantitative estimate of drug-likeness (QED) is 0.859. The molecule has 0 saturated carbocycles. The Balaban J connectivity index is 2.19. The fraction of sp³-hybridized carbons (Fsp3) is 0.529. The molecule has 1 aliphatic rings. The maximum Gasteiger partial charge on any atom is 0.119 e. The van der Waals surface area contributed by atoms with Crippen LogP contribution in [0.15, 0.2) is 18.2 Å². The second kappa shape index (κ2) is 8.04. The molecule has 4 nitrogen and oxygen atoms in total. The zero-order chi connectivity index (χ0) is 15.1. The topological polar surface area (TPSA) is 41.9 Å². The van der Waals surface area contributed by atoms with E-state index in [1.807, 2.05) is 18.2 Å². The van der Waals surface area contributed by atoms with Gasteiger partial charge in [-0.25, -0.2) is 0 Å². The summed E-state index contributed by atoms with van der Waals surface area (Å²) in [6.07, 6.45) is 1.30. The van der Waals surface area contributed by atoms with Gasteiger partial charge in [-0.05, 0) is 37.1 Å². The molecule has 21 heavy (non-hydrogen) atoms. The van der Waals surface area contributed by atoms with Crippen LogP contribution in [-0.4, -0.2) is 49.5 Å². The van der Waals surface area contributed by atoms with Crippen molar-refractivity contribution in [2.24, 2.45) is 0 Å². The monoisotopic (exact) mass is 289 g/mol. The van der Waals surface area contributed by atoms with Gasteiger partial charge in [0.05, 0.1) is 13.2 Å². The Kier molecular flexibility index (Phi) is 6.06. The number of aliphatic hydroxyl groups excluding tert-OH is 1. The summed E-state index contributed by atoms with van der Waals surface area (Å²) >= 11 is 0. The molecule has 1 aromatic carbocycles. The van der Waals surface area contributed by atoms with Crippen molar-refractivity contribution < 1.29 is 14.6 Å². The predicted octanol–water partition coefficient (Wildman–Crippen LogP) is 1.65. The Morgan fingerprint density at radius 1 is 1.48 bits per heavy atom. The normalized spacial score (nSPS) is 19.5. The van der Waals surface area contributed by atoms with Crippen LogP contribution in [0.25, 0.3) is 0 Å². The summed E-state index contributed by atoms with van der Waals surface area (Å²) in [6, 6.07) is 5.88. The molecule has 0 radical (unpaired) electrons. The van der Waals surface area contributed by atoms with Crippen molar-refractivity contribution in [2.45, 2.75) is 26.0 Å². The van der Waals surface area contributed by atoms with Crippen LogP contribution in [0.1, 0.15) is 24.5 Å². The van der Waals surface area contributed by atoms with Crippen LogP contribution in [0, 0.1) is 11.8 Å². The molecule has 1 aromatic rings. The van der Waals surface area contributed by atoms with Crippen molar-refractivity contribution in [1.29, 1.82) is 0 Å². The molecule has 2 rings (SSSR count). The second-order valence-electron chi connectivity index (χ2n) is 5.25. The number of nitrogens with zero attached hydrogens (tertiary/aromatic N) is 1. The van der Waals surface area contributed by atoms with Crippen molar-refractivity contribution in [3.05, 3.63) is 29.3 Å². The molecular weight excluding hydrogens is 266 g/mol. The Bertz CT molecular complexity index is 519. The number of hydrogen-bond acceptors (Lipinski definition) is 4.